The normalized spacial score (nSPS) is 15.1. The van der Waals surface area contributed by atoms with Crippen molar-refractivity contribution in [2.24, 2.45) is 5.92 Å². The summed E-state index contributed by atoms with van der Waals surface area (Å²) in [6, 6.07) is 0. The summed E-state index contributed by atoms with van der Waals surface area (Å²) < 4.78 is 10.9. The Kier molecular flexibility index (Phi) is 5.20. The second kappa shape index (κ2) is 5.32. The van der Waals surface area contributed by atoms with Gasteiger partial charge in [-0.2, -0.15) is 0 Å². The molecule has 0 bridgehead atoms. The fourth-order valence-corrected chi connectivity index (χ4v) is 2.42. The van der Waals surface area contributed by atoms with Crippen LogP contribution in [0.15, 0.2) is 0 Å². The third kappa shape index (κ3) is 3.90. The largest absolute Gasteiger partial charge is 0.467 e. The van der Waals surface area contributed by atoms with E-state index in [1.54, 1.807) is 0 Å². The van der Waals surface area contributed by atoms with Crippen LogP contribution in [-0.4, -0.2) is 27.5 Å². The Morgan fingerprint density at radius 2 is 1.62 bits per heavy atom. The van der Waals surface area contributed by atoms with Gasteiger partial charge >= 0.3 is 5.97 Å². The molecule has 0 aliphatic rings. The van der Waals surface area contributed by atoms with Crippen LogP contribution in [0.5, 0.6) is 0 Å². The first-order valence-electron chi connectivity index (χ1n) is 5.78. The highest BCUT2D eigenvalue weighted by atomic mass is 28.4. The molecule has 96 valence electrons. The van der Waals surface area contributed by atoms with Gasteiger partial charge in [-0.3, -0.25) is 0 Å². The van der Waals surface area contributed by atoms with Crippen molar-refractivity contribution in [1.29, 1.82) is 0 Å². The third-order valence-corrected chi connectivity index (χ3v) is 7.72. The van der Waals surface area contributed by atoms with Crippen LogP contribution in [0, 0.1) is 5.92 Å². The number of carbonyl (C=O) groups is 1. The van der Waals surface area contributed by atoms with Gasteiger partial charge in [0.2, 0.25) is 0 Å². The summed E-state index contributed by atoms with van der Waals surface area (Å²) in [5.74, 6) is -0.124. The predicted molar refractivity (Wildman–Crippen MR) is 68.9 cm³/mol. The van der Waals surface area contributed by atoms with Crippen molar-refractivity contribution in [2.45, 2.75) is 58.9 Å². The minimum atomic E-state index is -1.91. The van der Waals surface area contributed by atoms with Gasteiger partial charge in [0.15, 0.2) is 8.32 Å². The number of ether oxygens (including phenoxy) is 1. The van der Waals surface area contributed by atoms with Gasteiger partial charge in [0, 0.05) is 0 Å². The fraction of sp³-hybridized carbons (Fsp3) is 0.917. The Hall–Kier alpha value is -0.353. The predicted octanol–water partition coefficient (Wildman–Crippen LogP) is 3.21. The van der Waals surface area contributed by atoms with Gasteiger partial charge < -0.3 is 9.16 Å². The van der Waals surface area contributed by atoms with Crippen LogP contribution in [0.3, 0.4) is 0 Å². The maximum atomic E-state index is 11.6. The zero-order chi connectivity index (χ0) is 13.1. The van der Waals surface area contributed by atoms with E-state index < -0.39 is 14.4 Å². The summed E-state index contributed by atoms with van der Waals surface area (Å²) >= 11 is 0. The first-order valence-corrected chi connectivity index (χ1v) is 8.69. The van der Waals surface area contributed by atoms with E-state index in [-0.39, 0.29) is 16.9 Å². The maximum absolute atomic E-state index is 11.6. The average molecular weight is 246 g/mol. The van der Waals surface area contributed by atoms with Crippen LogP contribution in [0.1, 0.15) is 34.6 Å². The summed E-state index contributed by atoms with van der Waals surface area (Å²) in [7, 11) is -0.501. The number of hydrogen-bond acceptors (Lipinski definition) is 3. The molecule has 0 aromatic carbocycles. The van der Waals surface area contributed by atoms with Gasteiger partial charge in [0.25, 0.3) is 0 Å². The van der Waals surface area contributed by atoms with Crippen molar-refractivity contribution in [3.8, 4) is 0 Å². The van der Waals surface area contributed by atoms with Crippen molar-refractivity contribution in [1.82, 2.24) is 0 Å². The number of rotatable bonds is 4. The average Bonchev–Trinajstić information content (AvgIpc) is 2.10. The van der Waals surface area contributed by atoms with Gasteiger partial charge in [-0.25, -0.2) is 4.79 Å². The minimum Gasteiger partial charge on any atom is -0.467 e. The van der Waals surface area contributed by atoms with E-state index in [0.29, 0.717) is 0 Å². The van der Waals surface area contributed by atoms with Gasteiger partial charge in [0.1, 0.15) is 6.10 Å². The first kappa shape index (κ1) is 15.6. The molecule has 1 unspecified atom stereocenters. The highest BCUT2D eigenvalue weighted by Crippen LogP contribution is 2.38. The molecule has 0 aliphatic carbocycles. The van der Waals surface area contributed by atoms with Crippen LogP contribution in [-0.2, 0) is 14.0 Å². The number of methoxy groups -OCH3 is 1. The molecular weight excluding hydrogens is 220 g/mol. The second-order valence-electron chi connectivity index (χ2n) is 6.07. The molecule has 0 heterocycles. The van der Waals surface area contributed by atoms with E-state index in [1.807, 2.05) is 13.8 Å². The summed E-state index contributed by atoms with van der Waals surface area (Å²) in [5, 5.41) is 0.105. The van der Waals surface area contributed by atoms with Gasteiger partial charge in [0.05, 0.1) is 7.11 Å². The van der Waals surface area contributed by atoms with Crippen molar-refractivity contribution < 1.29 is 14.0 Å². The van der Waals surface area contributed by atoms with Crippen LogP contribution in [0.2, 0.25) is 18.1 Å². The number of hydrogen-bond donors (Lipinski definition) is 0. The second-order valence-corrected chi connectivity index (χ2v) is 10.8. The minimum absolute atomic E-state index is 0.105. The van der Waals surface area contributed by atoms with E-state index in [1.165, 1.54) is 7.11 Å². The highest BCUT2D eigenvalue weighted by Gasteiger charge is 2.41. The quantitative estimate of drug-likeness (QED) is 0.564. The topological polar surface area (TPSA) is 35.5 Å². The maximum Gasteiger partial charge on any atom is 0.334 e. The van der Waals surface area contributed by atoms with Crippen molar-refractivity contribution in [2.75, 3.05) is 7.11 Å². The van der Waals surface area contributed by atoms with Crippen LogP contribution in [0.4, 0.5) is 0 Å². The van der Waals surface area contributed by atoms with E-state index in [4.69, 9.17) is 9.16 Å². The van der Waals surface area contributed by atoms with E-state index in [2.05, 4.69) is 33.9 Å². The Bertz CT molecular complexity index is 241. The molecule has 0 saturated heterocycles. The first-order chi connectivity index (χ1) is 7.03. The van der Waals surface area contributed by atoms with E-state index in [0.717, 1.165) is 0 Å². The smallest absolute Gasteiger partial charge is 0.334 e. The molecular formula is C12H26O3Si. The molecule has 0 aromatic heterocycles. The van der Waals surface area contributed by atoms with Gasteiger partial charge in [-0.15, -0.1) is 0 Å². The molecule has 0 spiro atoms. The number of carbonyl (C=O) groups excluding carboxylic acids is 1. The highest BCUT2D eigenvalue weighted by molar-refractivity contribution is 6.74. The molecule has 0 aromatic rings. The Morgan fingerprint density at radius 3 is 1.88 bits per heavy atom. The summed E-state index contributed by atoms with van der Waals surface area (Å²) in [6.07, 6.45) is -0.439. The molecule has 1 atom stereocenters. The third-order valence-electron chi connectivity index (χ3n) is 3.27. The Morgan fingerprint density at radius 1 is 1.19 bits per heavy atom. The molecule has 0 rings (SSSR count). The lowest BCUT2D eigenvalue weighted by Gasteiger charge is -2.39. The monoisotopic (exact) mass is 246 g/mol. The van der Waals surface area contributed by atoms with E-state index >= 15 is 0 Å². The zero-order valence-corrected chi connectivity index (χ0v) is 12.9. The van der Waals surface area contributed by atoms with Crippen molar-refractivity contribution >= 4 is 14.3 Å². The number of esters is 1. The molecule has 0 N–H and O–H groups in total. The van der Waals surface area contributed by atoms with Gasteiger partial charge in [-0.1, -0.05) is 34.6 Å². The lowest BCUT2D eigenvalue weighted by molar-refractivity contribution is -0.151. The Balaban J connectivity index is 4.83. The van der Waals surface area contributed by atoms with Crippen LogP contribution < -0.4 is 0 Å². The summed E-state index contributed by atoms with van der Waals surface area (Å²) in [5.41, 5.74) is 0. The van der Waals surface area contributed by atoms with E-state index in [9.17, 15) is 4.79 Å². The van der Waals surface area contributed by atoms with Crippen molar-refractivity contribution in [3.05, 3.63) is 0 Å². The molecule has 3 nitrogen and oxygen atoms in total. The molecule has 0 fully saturated rings. The molecule has 0 amide bonds. The van der Waals surface area contributed by atoms with Crippen molar-refractivity contribution in [3.63, 3.8) is 0 Å². The fourth-order valence-electron chi connectivity index (χ4n) is 1.07. The summed E-state index contributed by atoms with van der Waals surface area (Å²) in [6.45, 7) is 14.7. The molecule has 4 heteroatoms. The lowest BCUT2D eigenvalue weighted by Crippen LogP contribution is -2.47. The molecule has 0 aliphatic heterocycles. The van der Waals surface area contributed by atoms with Gasteiger partial charge in [-0.05, 0) is 24.1 Å². The Labute approximate surface area is 101 Å². The zero-order valence-electron chi connectivity index (χ0n) is 11.9. The molecule has 16 heavy (non-hydrogen) atoms. The van der Waals surface area contributed by atoms with Crippen LogP contribution in [0.25, 0.3) is 0 Å². The molecule has 0 saturated carbocycles. The lowest BCUT2D eigenvalue weighted by atomic mass is 10.1. The standard InChI is InChI=1S/C12H26O3Si/c1-9(2)10(11(13)14-6)15-16(7,8)12(3,4)5/h9-10H,1-8H3. The van der Waals surface area contributed by atoms with Crippen LogP contribution >= 0.6 is 0 Å². The summed E-state index contributed by atoms with van der Waals surface area (Å²) in [4.78, 5) is 11.6. The molecule has 0 radical (unpaired) electrons. The SMILES string of the molecule is COC(=O)C(O[Si](C)(C)C(C)(C)C)C(C)C.